The van der Waals surface area contributed by atoms with Gasteiger partial charge in [0.15, 0.2) is 11.6 Å². The number of hydrogen-bond acceptors (Lipinski definition) is 4. The zero-order valence-electron chi connectivity index (χ0n) is 15.0. The van der Waals surface area contributed by atoms with Crippen LogP contribution in [-0.4, -0.2) is 36.8 Å². The Kier molecular flexibility index (Phi) is 7.99. The van der Waals surface area contributed by atoms with Gasteiger partial charge in [-0.1, -0.05) is 24.8 Å². The molecule has 0 aliphatic heterocycles. The zero-order chi connectivity index (χ0) is 19.8. The number of carbonyl (C=O) groups is 1. The second-order valence-electron chi connectivity index (χ2n) is 5.72. The molecule has 0 aliphatic carbocycles. The van der Waals surface area contributed by atoms with E-state index < -0.39 is 11.6 Å². The lowest BCUT2D eigenvalue weighted by molar-refractivity contribution is -0.117. The predicted molar refractivity (Wildman–Crippen MR) is 101 cm³/mol. The number of rotatable bonds is 9. The van der Waals surface area contributed by atoms with E-state index in [1.807, 2.05) is 11.8 Å². The van der Waals surface area contributed by atoms with Gasteiger partial charge in [0.2, 0.25) is 5.91 Å². The standard InChI is InChI=1S/C19H21F3N2O2S/c1-3-24(11-13-4-9-17(26-2)16(20)10-13)12-18(25)23-14-5-7-15(8-6-14)27-19(21)22/h4-10,19H,3,11-12H2,1-2H3,(H,23,25). The minimum absolute atomic E-state index is 0.123. The van der Waals surface area contributed by atoms with Crippen molar-refractivity contribution in [2.75, 3.05) is 25.5 Å². The van der Waals surface area contributed by atoms with Crippen molar-refractivity contribution < 1.29 is 22.7 Å². The van der Waals surface area contributed by atoms with Crippen LogP contribution in [0.2, 0.25) is 0 Å². The smallest absolute Gasteiger partial charge is 0.288 e. The molecule has 0 bridgehead atoms. The van der Waals surface area contributed by atoms with Crippen LogP contribution in [-0.2, 0) is 11.3 Å². The third kappa shape index (κ3) is 6.80. The molecule has 4 nitrogen and oxygen atoms in total. The molecule has 8 heteroatoms. The van der Waals surface area contributed by atoms with E-state index in [2.05, 4.69) is 5.32 Å². The first-order chi connectivity index (χ1) is 12.9. The summed E-state index contributed by atoms with van der Waals surface area (Å²) in [6, 6.07) is 10.9. The fourth-order valence-electron chi connectivity index (χ4n) is 2.47. The molecule has 1 N–H and O–H groups in total. The summed E-state index contributed by atoms with van der Waals surface area (Å²) in [6.07, 6.45) is 0. The maximum atomic E-state index is 13.8. The van der Waals surface area contributed by atoms with Gasteiger partial charge in [-0.25, -0.2) is 4.39 Å². The third-order valence-electron chi connectivity index (χ3n) is 3.80. The fourth-order valence-corrected chi connectivity index (χ4v) is 2.97. The number of methoxy groups -OCH3 is 1. The van der Waals surface area contributed by atoms with Crippen LogP contribution in [0.15, 0.2) is 47.4 Å². The highest BCUT2D eigenvalue weighted by Gasteiger charge is 2.12. The van der Waals surface area contributed by atoms with E-state index in [1.165, 1.54) is 25.3 Å². The quantitative estimate of drug-likeness (QED) is 0.627. The van der Waals surface area contributed by atoms with Gasteiger partial charge < -0.3 is 10.1 Å². The zero-order valence-corrected chi connectivity index (χ0v) is 15.9. The molecule has 0 aromatic heterocycles. The average Bonchev–Trinajstić information content (AvgIpc) is 2.62. The van der Waals surface area contributed by atoms with Crippen LogP contribution in [0.5, 0.6) is 5.75 Å². The first kappa shape index (κ1) is 21.1. The van der Waals surface area contributed by atoms with Crippen molar-refractivity contribution in [2.24, 2.45) is 0 Å². The van der Waals surface area contributed by atoms with Crippen LogP contribution in [0.1, 0.15) is 12.5 Å². The highest BCUT2D eigenvalue weighted by atomic mass is 32.2. The van der Waals surface area contributed by atoms with Crippen molar-refractivity contribution in [3.05, 3.63) is 53.8 Å². The summed E-state index contributed by atoms with van der Waals surface area (Å²) >= 11 is 0.451. The Bertz CT molecular complexity index is 757. The lowest BCUT2D eigenvalue weighted by atomic mass is 10.2. The molecule has 0 fully saturated rings. The number of alkyl halides is 2. The Morgan fingerprint density at radius 2 is 1.93 bits per heavy atom. The van der Waals surface area contributed by atoms with E-state index in [4.69, 9.17) is 4.74 Å². The van der Waals surface area contributed by atoms with Crippen molar-refractivity contribution in [2.45, 2.75) is 24.1 Å². The molecule has 1 amide bonds. The number of halogens is 3. The Labute approximate surface area is 160 Å². The lowest BCUT2D eigenvalue weighted by Gasteiger charge is -2.20. The number of nitrogens with one attached hydrogen (secondary N) is 1. The van der Waals surface area contributed by atoms with Gasteiger partial charge in [0.25, 0.3) is 5.76 Å². The monoisotopic (exact) mass is 398 g/mol. The molecule has 0 aliphatic rings. The van der Waals surface area contributed by atoms with Gasteiger partial charge in [-0.2, -0.15) is 8.78 Å². The maximum absolute atomic E-state index is 13.8. The van der Waals surface area contributed by atoms with Crippen LogP contribution in [0.3, 0.4) is 0 Å². The van der Waals surface area contributed by atoms with Crippen molar-refractivity contribution in [3.8, 4) is 5.75 Å². The van der Waals surface area contributed by atoms with Gasteiger partial charge in [-0.15, -0.1) is 0 Å². The maximum Gasteiger partial charge on any atom is 0.288 e. The van der Waals surface area contributed by atoms with Gasteiger partial charge in [0, 0.05) is 17.1 Å². The topological polar surface area (TPSA) is 41.6 Å². The van der Waals surface area contributed by atoms with Gasteiger partial charge in [-0.3, -0.25) is 9.69 Å². The number of ether oxygens (including phenoxy) is 1. The molecule has 0 saturated carbocycles. The number of nitrogens with zero attached hydrogens (tertiary/aromatic N) is 1. The van der Waals surface area contributed by atoms with Gasteiger partial charge >= 0.3 is 0 Å². The van der Waals surface area contributed by atoms with Crippen LogP contribution < -0.4 is 10.1 Å². The Morgan fingerprint density at radius 3 is 2.48 bits per heavy atom. The molecule has 0 atom stereocenters. The minimum atomic E-state index is -2.48. The molecule has 0 radical (unpaired) electrons. The highest BCUT2D eigenvalue weighted by Crippen LogP contribution is 2.26. The van der Waals surface area contributed by atoms with E-state index in [1.54, 1.807) is 24.3 Å². The number of hydrogen-bond donors (Lipinski definition) is 1. The summed E-state index contributed by atoms with van der Waals surface area (Å²) in [5.41, 5.74) is 1.27. The molecule has 2 aromatic rings. The van der Waals surface area contributed by atoms with E-state index in [0.717, 1.165) is 5.56 Å². The van der Waals surface area contributed by atoms with Gasteiger partial charge in [-0.05, 0) is 48.5 Å². The summed E-state index contributed by atoms with van der Waals surface area (Å²) in [6.45, 7) is 3.04. The van der Waals surface area contributed by atoms with Crippen LogP contribution >= 0.6 is 11.8 Å². The third-order valence-corrected chi connectivity index (χ3v) is 4.52. The minimum Gasteiger partial charge on any atom is -0.494 e. The highest BCUT2D eigenvalue weighted by molar-refractivity contribution is 7.99. The number of anilines is 1. The number of carbonyl (C=O) groups excluding carboxylic acids is 1. The van der Waals surface area contributed by atoms with Crippen LogP contribution in [0.4, 0.5) is 18.9 Å². The summed E-state index contributed by atoms with van der Waals surface area (Å²) in [4.78, 5) is 14.5. The molecular formula is C19H21F3N2O2S. The Hall–Kier alpha value is -2.19. The molecule has 0 unspecified atom stereocenters. The predicted octanol–water partition coefficient (Wildman–Crippen LogP) is 4.61. The summed E-state index contributed by atoms with van der Waals surface area (Å²) in [7, 11) is 1.40. The molecule has 0 heterocycles. The molecule has 27 heavy (non-hydrogen) atoms. The second-order valence-corrected chi connectivity index (χ2v) is 6.79. The molecule has 0 saturated heterocycles. The van der Waals surface area contributed by atoms with Crippen molar-refractivity contribution >= 4 is 23.4 Å². The largest absolute Gasteiger partial charge is 0.494 e. The molecule has 2 rings (SSSR count). The number of benzene rings is 2. The van der Waals surface area contributed by atoms with Crippen molar-refractivity contribution in [1.82, 2.24) is 4.90 Å². The molecule has 0 spiro atoms. The van der Waals surface area contributed by atoms with Crippen LogP contribution in [0.25, 0.3) is 0 Å². The molecule has 146 valence electrons. The summed E-state index contributed by atoms with van der Waals surface area (Å²) in [5.74, 6) is -2.99. The second kappa shape index (κ2) is 10.2. The van der Waals surface area contributed by atoms with Gasteiger partial charge in [0.1, 0.15) is 0 Å². The van der Waals surface area contributed by atoms with E-state index in [-0.39, 0.29) is 18.2 Å². The first-order valence-corrected chi connectivity index (χ1v) is 9.18. The first-order valence-electron chi connectivity index (χ1n) is 8.30. The van der Waals surface area contributed by atoms with E-state index in [9.17, 15) is 18.0 Å². The number of thioether (sulfide) groups is 1. The average molecular weight is 398 g/mol. The van der Waals surface area contributed by atoms with Crippen LogP contribution in [0, 0.1) is 5.82 Å². The van der Waals surface area contributed by atoms with E-state index >= 15 is 0 Å². The molecule has 2 aromatic carbocycles. The summed E-state index contributed by atoms with van der Waals surface area (Å²) in [5, 5.41) is 2.73. The van der Waals surface area contributed by atoms with Gasteiger partial charge in [0.05, 0.1) is 13.7 Å². The fraction of sp³-hybridized carbons (Fsp3) is 0.316. The van der Waals surface area contributed by atoms with Crippen molar-refractivity contribution in [3.63, 3.8) is 0 Å². The molecular weight excluding hydrogens is 377 g/mol. The SMILES string of the molecule is CCN(CC(=O)Nc1ccc(SC(F)F)cc1)Cc1ccc(OC)c(F)c1. The Balaban J connectivity index is 1.91. The lowest BCUT2D eigenvalue weighted by Crippen LogP contribution is -2.32. The van der Waals surface area contributed by atoms with Crippen molar-refractivity contribution in [1.29, 1.82) is 0 Å². The summed E-state index contributed by atoms with van der Waals surface area (Å²) < 4.78 is 43.3. The number of likely N-dealkylation sites (N-methyl/N-ethyl adjacent to an activating group) is 1. The Morgan fingerprint density at radius 1 is 1.22 bits per heavy atom. The van der Waals surface area contributed by atoms with E-state index in [0.29, 0.717) is 35.4 Å². The number of amides is 1. The normalized spacial score (nSPS) is 11.1.